The summed E-state index contributed by atoms with van der Waals surface area (Å²) in [5.74, 6) is -0.336. The zero-order chi connectivity index (χ0) is 11.1. The number of aryl methyl sites for hydroxylation is 1. The van der Waals surface area contributed by atoms with Crippen LogP contribution in [0.1, 0.15) is 28.0 Å². The summed E-state index contributed by atoms with van der Waals surface area (Å²) in [6, 6.07) is 7.70. The molecule has 0 radical (unpaired) electrons. The van der Waals surface area contributed by atoms with E-state index >= 15 is 0 Å². The first-order valence-corrected chi connectivity index (χ1v) is 5.47. The number of para-hydroxylation sites is 1. The Kier molecular flexibility index (Phi) is 1.93. The van der Waals surface area contributed by atoms with Crippen molar-refractivity contribution in [2.45, 2.75) is 19.3 Å². The maximum Gasteiger partial charge on any atom is 0.249 e. The highest BCUT2D eigenvalue weighted by atomic mass is 16.1. The van der Waals surface area contributed by atoms with Crippen LogP contribution in [0.25, 0.3) is 10.9 Å². The molecule has 1 aromatic carbocycles. The largest absolute Gasteiger partial charge is 0.366 e. The number of carbonyl (C=O) groups is 1. The quantitative estimate of drug-likeness (QED) is 0.783. The number of carbonyl (C=O) groups excluding carboxylic acids is 1. The molecular formula is C13H12N2O. The Balaban J connectivity index is 2.45. The molecule has 0 aliphatic heterocycles. The molecule has 0 bridgehead atoms. The molecule has 2 aromatic rings. The lowest BCUT2D eigenvalue weighted by molar-refractivity contribution is 0.100. The van der Waals surface area contributed by atoms with Crippen LogP contribution in [0.5, 0.6) is 0 Å². The van der Waals surface area contributed by atoms with Crippen LogP contribution >= 0.6 is 0 Å². The van der Waals surface area contributed by atoms with E-state index < -0.39 is 0 Å². The van der Waals surface area contributed by atoms with Crippen LogP contribution in [-0.4, -0.2) is 10.9 Å². The standard InChI is InChI=1S/C13H12N2O/c14-13(16)12-8-4-1-2-6-10(8)15-11-7-3-5-9(11)12/h1-2,4,6H,3,5,7H2,(H2,14,16). The van der Waals surface area contributed by atoms with Gasteiger partial charge in [0, 0.05) is 11.1 Å². The minimum absolute atomic E-state index is 0.336. The first kappa shape index (κ1) is 9.33. The smallest absolute Gasteiger partial charge is 0.249 e. The molecular weight excluding hydrogens is 200 g/mol. The number of nitrogens with two attached hydrogens (primary N) is 1. The van der Waals surface area contributed by atoms with E-state index in [4.69, 9.17) is 5.73 Å². The van der Waals surface area contributed by atoms with Crippen molar-refractivity contribution in [3.05, 3.63) is 41.1 Å². The summed E-state index contributed by atoms with van der Waals surface area (Å²) in [4.78, 5) is 16.2. The summed E-state index contributed by atoms with van der Waals surface area (Å²) in [5, 5.41) is 0.885. The molecule has 0 atom stereocenters. The molecule has 80 valence electrons. The first-order chi connectivity index (χ1) is 7.77. The summed E-state index contributed by atoms with van der Waals surface area (Å²) < 4.78 is 0. The number of hydrogen-bond donors (Lipinski definition) is 1. The van der Waals surface area contributed by atoms with Gasteiger partial charge < -0.3 is 5.73 Å². The predicted molar refractivity (Wildman–Crippen MR) is 62.3 cm³/mol. The van der Waals surface area contributed by atoms with Crippen LogP contribution in [0.2, 0.25) is 0 Å². The summed E-state index contributed by atoms with van der Waals surface area (Å²) in [6.45, 7) is 0. The Morgan fingerprint density at radius 1 is 1.25 bits per heavy atom. The van der Waals surface area contributed by atoms with Crippen LogP contribution in [0, 0.1) is 0 Å². The Hall–Kier alpha value is -1.90. The van der Waals surface area contributed by atoms with Gasteiger partial charge in [0.05, 0.1) is 11.1 Å². The summed E-state index contributed by atoms with van der Waals surface area (Å²) in [7, 11) is 0. The maximum atomic E-state index is 11.6. The van der Waals surface area contributed by atoms with Crippen molar-refractivity contribution in [1.82, 2.24) is 4.98 Å². The number of amides is 1. The lowest BCUT2D eigenvalue weighted by Crippen LogP contribution is -2.15. The molecule has 1 aliphatic rings. The summed E-state index contributed by atoms with van der Waals surface area (Å²) in [5.41, 5.74) is 9.15. The van der Waals surface area contributed by atoms with Crippen molar-refractivity contribution >= 4 is 16.8 Å². The zero-order valence-electron chi connectivity index (χ0n) is 8.86. The second kappa shape index (κ2) is 3.30. The van der Waals surface area contributed by atoms with E-state index in [-0.39, 0.29) is 5.91 Å². The second-order valence-electron chi connectivity index (χ2n) is 4.15. The van der Waals surface area contributed by atoms with Gasteiger partial charge >= 0.3 is 0 Å². The third kappa shape index (κ3) is 1.21. The molecule has 1 aliphatic carbocycles. The van der Waals surface area contributed by atoms with Gasteiger partial charge in [0.1, 0.15) is 0 Å². The van der Waals surface area contributed by atoms with Gasteiger partial charge in [0.25, 0.3) is 0 Å². The molecule has 0 fully saturated rings. The monoisotopic (exact) mass is 212 g/mol. The minimum atomic E-state index is -0.336. The molecule has 0 saturated carbocycles. The van der Waals surface area contributed by atoms with E-state index in [2.05, 4.69) is 4.98 Å². The number of aromatic nitrogens is 1. The normalized spacial score (nSPS) is 14.0. The topological polar surface area (TPSA) is 56.0 Å². The van der Waals surface area contributed by atoms with E-state index in [1.165, 1.54) is 0 Å². The SMILES string of the molecule is NC(=O)c1c2c(nc3ccccc13)CCC2. The lowest BCUT2D eigenvalue weighted by atomic mass is 10.0. The molecule has 3 rings (SSSR count). The van der Waals surface area contributed by atoms with Gasteiger partial charge in [0.15, 0.2) is 0 Å². The Labute approximate surface area is 93.3 Å². The molecule has 0 unspecified atom stereocenters. The van der Waals surface area contributed by atoms with Crippen LogP contribution in [0.3, 0.4) is 0 Å². The van der Waals surface area contributed by atoms with Gasteiger partial charge in [-0.15, -0.1) is 0 Å². The molecule has 1 amide bonds. The highest BCUT2D eigenvalue weighted by Gasteiger charge is 2.21. The van der Waals surface area contributed by atoms with Crippen LogP contribution in [0.4, 0.5) is 0 Å². The molecule has 3 nitrogen and oxygen atoms in total. The van der Waals surface area contributed by atoms with Crippen molar-refractivity contribution < 1.29 is 4.79 Å². The summed E-state index contributed by atoms with van der Waals surface area (Å²) in [6.07, 6.45) is 2.95. The number of pyridine rings is 1. The van der Waals surface area contributed by atoms with Gasteiger partial charge in [-0.3, -0.25) is 9.78 Å². The zero-order valence-corrected chi connectivity index (χ0v) is 8.86. The highest BCUT2D eigenvalue weighted by molar-refractivity contribution is 6.07. The van der Waals surface area contributed by atoms with Crippen LogP contribution < -0.4 is 5.73 Å². The fraction of sp³-hybridized carbons (Fsp3) is 0.231. The highest BCUT2D eigenvalue weighted by Crippen LogP contribution is 2.29. The van der Waals surface area contributed by atoms with Crippen molar-refractivity contribution in [1.29, 1.82) is 0 Å². The number of benzene rings is 1. The van der Waals surface area contributed by atoms with Crippen molar-refractivity contribution in [3.63, 3.8) is 0 Å². The molecule has 1 aromatic heterocycles. The first-order valence-electron chi connectivity index (χ1n) is 5.47. The third-order valence-corrected chi connectivity index (χ3v) is 3.17. The molecule has 2 N–H and O–H groups in total. The average molecular weight is 212 g/mol. The lowest BCUT2D eigenvalue weighted by Gasteiger charge is -2.08. The minimum Gasteiger partial charge on any atom is -0.366 e. The van der Waals surface area contributed by atoms with Gasteiger partial charge in [-0.2, -0.15) is 0 Å². The Morgan fingerprint density at radius 2 is 2.06 bits per heavy atom. The van der Waals surface area contributed by atoms with Gasteiger partial charge in [-0.05, 0) is 30.9 Å². The van der Waals surface area contributed by atoms with Crippen LogP contribution in [-0.2, 0) is 12.8 Å². The number of nitrogens with zero attached hydrogens (tertiary/aromatic N) is 1. The molecule has 1 heterocycles. The van der Waals surface area contributed by atoms with E-state index in [0.29, 0.717) is 5.56 Å². The third-order valence-electron chi connectivity index (χ3n) is 3.17. The molecule has 0 spiro atoms. The van der Waals surface area contributed by atoms with E-state index in [1.807, 2.05) is 24.3 Å². The number of primary amides is 1. The maximum absolute atomic E-state index is 11.6. The fourth-order valence-corrected chi connectivity index (χ4v) is 2.49. The van der Waals surface area contributed by atoms with E-state index in [0.717, 1.165) is 41.4 Å². The Morgan fingerprint density at radius 3 is 2.88 bits per heavy atom. The fourth-order valence-electron chi connectivity index (χ4n) is 2.49. The van der Waals surface area contributed by atoms with Gasteiger partial charge in [-0.25, -0.2) is 0 Å². The van der Waals surface area contributed by atoms with E-state index in [1.54, 1.807) is 0 Å². The summed E-state index contributed by atoms with van der Waals surface area (Å²) >= 11 is 0. The molecule has 3 heteroatoms. The average Bonchev–Trinajstić information content (AvgIpc) is 2.72. The number of rotatable bonds is 1. The second-order valence-corrected chi connectivity index (χ2v) is 4.15. The van der Waals surface area contributed by atoms with Crippen molar-refractivity contribution in [2.24, 2.45) is 5.73 Å². The molecule has 0 saturated heterocycles. The predicted octanol–water partition coefficient (Wildman–Crippen LogP) is 1.82. The van der Waals surface area contributed by atoms with Crippen molar-refractivity contribution in [3.8, 4) is 0 Å². The Bertz CT molecular complexity index is 590. The van der Waals surface area contributed by atoms with Crippen LogP contribution in [0.15, 0.2) is 24.3 Å². The van der Waals surface area contributed by atoms with Gasteiger partial charge in [0.2, 0.25) is 5.91 Å². The van der Waals surface area contributed by atoms with Crippen molar-refractivity contribution in [2.75, 3.05) is 0 Å². The number of hydrogen-bond acceptors (Lipinski definition) is 2. The van der Waals surface area contributed by atoms with Gasteiger partial charge in [-0.1, -0.05) is 18.2 Å². The van der Waals surface area contributed by atoms with E-state index in [9.17, 15) is 4.79 Å². The number of fused-ring (bicyclic) bond motifs is 2. The molecule has 16 heavy (non-hydrogen) atoms.